The first-order chi connectivity index (χ1) is 9.90. The van der Waals surface area contributed by atoms with Gasteiger partial charge in [-0.25, -0.2) is 4.79 Å². The standard InChI is InChI=1S/C15H21N3O3/c1-15(2,3)21-14(19)11-20-13-8-6-12(7-9-13)5-4-10-17-18-16/h6-9H,4-5,10-11H2,1-3H3. The zero-order valence-electron chi connectivity index (χ0n) is 12.7. The summed E-state index contributed by atoms with van der Waals surface area (Å²) in [5.74, 6) is 0.237. The van der Waals surface area contributed by atoms with E-state index >= 15 is 0 Å². The molecule has 0 spiro atoms. The topological polar surface area (TPSA) is 84.3 Å². The molecule has 0 atom stereocenters. The van der Waals surface area contributed by atoms with Gasteiger partial charge in [-0.2, -0.15) is 0 Å². The molecule has 0 fully saturated rings. The monoisotopic (exact) mass is 291 g/mol. The minimum absolute atomic E-state index is 0.104. The van der Waals surface area contributed by atoms with Crippen LogP contribution in [-0.2, 0) is 16.0 Å². The third-order valence-electron chi connectivity index (χ3n) is 2.49. The lowest BCUT2D eigenvalue weighted by Gasteiger charge is -2.19. The summed E-state index contributed by atoms with van der Waals surface area (Å²) in [5, 5.41) is 3.49. The molecule has 0 bridgehead atoms. The van der Waals surface area contributed by atoms with Crippen molar-refractivity contribution in [2.45, 2.75) is 39.2 Å². The molecule has 6 nitrogen and oxygen atoms in total. The molecule has 21 heavy (non-hydrogen) atoms. The fourth-order valence-electron chi connectivity index (χ4n) is 1.66. The molecule has 0 N–H and O–H groups in total. The zero-order valence-corrected chi connectivity index (χ0v) is 12.7. The van der Waals surface area contributed by atoms with E-state index in [1.165, 1.54) is 0 Å². The van der Waals surface area contributed by atoms with Crippen LogP contribution >= 0.6 is 0 Å². The first kappa shape index (κ1) is 16.9. The maximum atomic E-state index is 11.5. The minimum atomic E-state index is -0.504. The van der Waals surface area contributed by atoms with Crippen molar-refractivity contribution in [1.82, 2.24) is 0 Å². The highest BCUT2D eigenvalue weighted by Crippen LogP contribution is 2.14. The molecule has 0 saturated heterocycles. The molecule has 0 amide bonds. The van der Waals surface area contributed by atoms with Crippen LogP contribution in [0.3, 0.4) is 0 Å². The number of carbonyl (C=O) groups is 1. The number of hydrogen-bond acceptors (Lipinski definition) is 4. The quantitative estimate of drug-likeness (QED) is 0.253. The van der Waals surface area contributed by atoms with Crippen molar-refractivity contribution in [2.75, 3.05) is 13.2 Å². The van der Waals surface area contributed by atoms with Crippen molar-refractivity contribution in [1.29, 1.82) is 0 Å². The SMILES string of the molecule is CC(C)(C)OC(=O)COc1ccc(CCCN=[N+]=[N-])cc1. The first-order valence-electron chi connectivity index (χ1n) is 6.85. The van der Waals surface area contributed by atoms with Gasteiger partial charge >= 0.3 is 5.97 Å². The first-order valence-corrected chi connectivity index (χ1v) is 6.85. The van der Waals surface area contributed by atoms with Crippen LogP contribution in [0.1, 0.15) is 32.8 Å². The molecular formula is C15H21N3O3. The fraction of sp³-hybridized carbons (Fsp3) is 0.533. The van der Waals surface area contributed by atoms with Crippen molar-refractivity contribution in [2.24, 2.45) is 5.11 Å². The van der Waals surface area contributed by atoms with Gasteiger partial charge in [0.1, 0.15) is 11.4 Å². The number of aryl methyl sites for hydroxylation is 1. The van der Waals surface area contributed by atoms with Crippen molar-refractivity contribution < 1.29 is 14.3 Å². The molecule has 0 aliphatic heterocycles. The van der Waals surface area contributed by atoms with Crippen molar-refractivity contribution in [3.05, 3.63) is 40.3 Å². The molecule has 0 aromatic heterocycles. The Balaban J connectivity index is 2.37. The summed E-state index contributed by atoms with van der Waals surface area (Å²) in [6, 6.07) is 7.49. The molecule has 6 heteroatoms. The van der Waals surface area contributed by atoms with Crippen molar-refractivity contribution >= 4 is 5.97 Å². The van der Waals surface area contributed by atoms with Gasteiger partial charge < -0.3 is 9.47 Å². The Bertz CT molecular complexity index is 500. The molecule has 0 aliphatic carbocycles. The second-order valence-corrected chi connectivity index (χ2v) is 5.58. The Morgan fingerprint density at radius 1 is 1.29 bits per heavy atom. The fourth-order valence-corrected chi connectivity index (χ4v) is 1.66. The molecular weight excluding hydrogens is 270 g/mol. The average molecular weight is 291 g/mol. The highest BCUT2D eigenvalue weighted by Gasteiger charge is 2.16. The highest BCUT2D eigenvalue weighted by molar-refractivity contribution is 5.71. The molecule has 0 radical (unpaired) electrons. The van der Waals surface area contributed by atoms with E-state index < -0.39 is 5.60 Å². The van der Waals surface area contributed by atoms with Gasteiger partial charge in [0.25, 0.3) is 0 Å². The van der Waals surface area contributed by atoms with Crippen LogP contribution in [0.25, 0.3) is 10.4 Å². The lowest BCUT2D eigenvalue weighted by molar-refractivity contribution is -0.157. The van der Waals surface area contributed by atoms with Gasteiger partial charge in [0.15, 0.2) is 6.61 Å². The van der Waals surface area contributed by atoms with E-state index in [9.17, 15) is 4.79 Å². The van der Waals surface area contributed by atoms with Crippen LogP contribution in [0.15, 0.2) is 29.4 Å². The van der Waals surface area contributed by atoms with Gasteiger partial charge in [-0.15, -0.1) is 0 Å². The summed E-state index contributed by atoms with van der Waals surface area (Å²) in [6.45, 7) is 5.84. The van der Waals surface area contributed by atoms with Crippen LogP contribution in [0, 0.1) is 0 Å². The van der Waals surface area contributed by atoms with Gasteiger partial charge in [-0.3, -0.25) is 0 Å². The number of nitrogens with zero attached hydrogens (tertiary/aromatic N) is 3. The van der Waals surface area contributed by atoms with Gasteiger partial charge in [-0.05, 0) is 56.8 Å². The predicted molar refractivity (Wildman–Crippen MR) is 80.1 cm³/mol. The largest absolute Gasteiger partial charge is 0.482 e. The van der Waals surface area contributed by atoms with Crippen LogP contribution in [-0.4, -0.2) is 24.7 Å². The number of azide groups is 1. The Morgan fingerprint density at radius 2 is 1.95 bits per heavy atom. The Kier molecular flexibility index (Phi) is 6.56. The zero-order chi connectivity index (χ0) is 15.7. The van der Waals surface area contributed by atoms with Crippen LogP contribution in [0.4, 0.5) is 0 Å². The van der Waals surface area contributed by atoms with Crippen molar-refractivity contribution in [3.63, 3.8) is 0 Å². The van der Waals surface area contributed by atoms with E-state index in [2.05, 4.69) is 10.0 Å². The lowest BCUT2D eigenvalue weighted by Crippen LogP contribution is -2.27. The van der Waals surface area contributed by atoms with E-state index in [4.69, 9.17) is 15.0 Å². The Labute approximate surface area is 124 Å². The van der Waals surface area contributed by atoms with Crippen LogP contribution in [0.2, 0.25) is 0 Å². The molecule has 114 valence electrons. The van der Waals surface area contributed by atoms with Crippen LogP contribution < -0.4 is 4.74 Å². The second-order valence-electron chi connectivity index (χ2n) is 5.58. The van der Waals surface area contributed by atoms with Crippen molar-refractivity contribution in [3.8, 4) is 5.75 Å². The Morgan fingerprint density at radius 3 is 2.52 bits per heavy atom. The summed E-state index contributed by atoms with van der Waals surface area (Å²) >= 11 is 0. The molecule has 1 rings (SSSR count). The van der Waals surface area contributed by atoms with E-state index in [-0.39, 0.29) is 12.6 Å². The smallest absolute Gasteiger partial charge is 0.344 e. The van der Waals surface area contributed by atoms with Gasteiger partial charge in [0.2, 0.25) is 0 Å². The molecule has 0 unspecified atom stereocenters. The minimum Gasteiger partial charge on any atom is -0.482 e. The van der Waals surface area contributed by atoms with Crippen LogP contribution in [0.5, 0.6) is 5.75 Å². The number of benzene rings is 1. The van der Waals surface area contributed by atoms with E-state index in [0.717, 1.165) is 18.4 Å². The highest BCUT2D eigenvalue weighted by atomic mass is 16.6. The number of esters is 1. The molecule has 0 aliphatic rings. The summed E-state index contributed by atoms with van der Waals surface area (Å²) in [7, 11) is 0. The average Bonchev–Trinajstić information content (AvgIpc) is 2.41. The summed E-state index contributed by atoms with van der Waals surface area (Å²) in [6.07, 6.45) is 1.65. The summed E-state index contributed by atoms with van der Waals surface area (Å²) in [5.41, 5.74) is 8.81. The lowest BCUT2D eigenvalue weighted by atomic mass is 10.1. The number of rotatable bonds is 7. The number of ether oxygens (including phenoxy) is 2. The number of carbonyl (C=O) groups excluding carboxylic acids is 1. The van der Waals surface area contributed by atoms with Gasteiger partial charge in [0, 0.05) is 11.5 Å². The maximum absolute atomic E-state index is 11.5. The third-order valence-corrected chi connectivity index (χ3v) is 2.49. The third kappa shape index (κ3) is 7.84. The number of hydrogen-bond donors (Lipinski definition) is 0. The maximum Gasteiger partial charge on any atom is 0.344 e. The van der Waals surface area contributed by atoms with E-state index in [1.54, 1.807) is 0 Å². The normalized spacial score (nSPS) is 10.6. The predicted octanol–water partition coefficient (Wildman–Crippen LogP) is 3.65. The second kappa shape index (κ2) is 8.17. The Hall–Kier alpha value is -2.20. The molecule has 1 aromatic rings. The van der Waals surface area contributed by atoms with E-state index in [0.29, 0.717) is 12.3 Å². The van der Waals surface area contributed by atoms with Gasteiger partial charge in [-0.1, -0.05) is 17.2 Å². The summed E-state index contributed by atoms with van der Waals surface area (Å²) in [4.78, 5) is 14.2. The van der Waals surface area contributed by atoms with E-state index in [1.807, 2.05) is 45.0 Å². The molecule has 0 saturated carbocycles. The molecule has 1 aromatic carbocycles. The molecule has 0 heterocycles. The van der Waals surface area contributed by atoms with Gasteiger partial charge in [0.05, 0.1) is 0 Å². The summed E-state index contributed by atoms with van der Waals surface area (Å²) < 4.78 is 10.5.